The Hall–Kier alpha value is -3.40. The minimum atomic E-state index is -0.765. The zero-order valence-electron chi connectivity index (χ0n) is 16.4. The van der Waals surface area contributed by atoms with Crippen molar-refractivity contribution in [2.24, 2.45) is 0 Å². The summed E-state index contributed by atoms with van der Waals surface area (Å²) in [5.74, 6) is -0.166. The van der Waals surface area contributed by atoms with Gasteiger partial charge in [0, 0.05) is 12.5 Å². The fourth-order valence-electron chi connectivity index (χ4n) is 4.46. The molecule has 1 saturated heterocycles. The summed E-state index contributed by atoms with van der Waals surface area (Å²) in [5.41, 5.74) is 3.51. The van der Waals surface area contributed by atoms with Gasteiger partial charge < -0.3 is 4.74 Å². The van der Waals surface area contributed by atoms with Gasteiger partial charge >= 0.3 is 5.97 Å². The van der Waals surface area contributed by atoms with E-state index in [1.807, 2.05) is 73.1 Å². The van der Waals surface area contributed by atoms with E-state index in [0.29, 0.717) is 13.0 Å². The summed E-state index contributed by atoms with van der Waals surface area (Å²) in [7, 11) is 0. The molecular weight excluding hydrogens is 360 g/mol. The van der Waals surface area contributed by atoms with Crippen LogP contribution in [0.2, 0.25) is 0 Å². The van der Waals surface area contributed by atoms with Crippen LogP contribution in [-0.4, -0.2) is 16.5 Å². The van der Waals surface area contributed by atoms with Gasteiger partial charge in [-0.25, -0.2) is 8.97 Å². The van der Waals surface area contributed by atoms with E-state index in [4.69, 9.17) is 4.74 Å². The van der Waals surface area contributed by atoms with Gasteiger partial charge in [-0.2, -0.15) is 0 Å². The number of aromatic nitrogens is 2. The van der Waals surface area contributed by atoms with E-state index in [2.05, 4.69) is 34.2 Å². The number of aryl methyl sites for hydroxylation is 1. The number of nitrogens with zero attached hydrogens (tertiary/aromatic N) is 2. The van der Waals surface area contributed by atoms with Crippen LogP contribution in [0.5, 0.6) is 0 Å². The average Bonchev–Trinajstić information content (AvgIpc) is 3.30. The third kappa shape index (κ3) is 2.92. The van der Waals surface area contributed by atoms with Gasteiger partial charge in [0.05, 0.1) is 6.20 Å². The fraction of sp³-hybridized carbons (Fsp3) is 0.200. The number of esters is 1. The average molecular weight is 383 g/mol. The normalized spacial score (nSPS) is 18.1. The summed E-state index contributed by atoms with van der Waals surface area (Å²) in [4.78, 5) is 13.3. The molecule has 0 radical (unpaired) electrons. The molecule has 1 unspecified atom stereocenters. The van der Waals surface area contributed by atoms with Crippen molar-refractivity contribution in [3.63, 3.8) is 0 Å². The number of ether oxygens (including phenoxy) is 1. The number of rotatable bonds is 4. The monoisotopic (exact) mass is 383 g/mol. The van der Waals surface area contributed by atoms with Crippen molar-refractivity contribution in [1.82, 2.24) is 4.40 Å². The van der Waals surface area contributed by atoms with Crippen LogP contribution in [0, 0.1) is 6.92 Å². The van der Waals surface area contributed by atoms with E-state index >= 15 is 0 Å². The van der Waals surface area contributed by atoms with Crippen molar-refractivity contribution < 1.29 is 14.1 Å². The molecular formula is C25H23N2O2+. The lowest BCUT2D eigenvalue weighted by Crippen LogP contribution is -2.39. The van der Waals surface area contributed by atoms with E-state index in [1.165, 1.54) is 5.56 Å². The van der Waals surface area contributed by atoms with Crippen LogP contribution in [0.4, 0.5) is 0 Å². The lowest BCUT2D eigenvalue weighted by atomic mass is 9.72. The lowest BCUT2D eigenvalue weighted by molar-refractivity contribution is -0.677. The molecule has 144 valence electrons. The second-order valence-electron chi connectivity index (χ2n) is 7.79. The van der Waals surface area contributed by atoms with Crippen molar-refractivity contribution in [3.8, 4) is 0 Å². The van der Waals surface area contributed by atoms with Crippen LogP contribution < -0.4 is 4.57 Å². The van der Waals surface area contributed by atoms with Gasteiger partial charge in [-0.3, -0.25) is 4.79 Å². The zero-order valence-corrected chi connectivity index (χ0v) is 16.4. The third-order valence-corrected chi connectivity index (χ3v) is 5.91. The Kier molecular flexibility index (Phi) is 4.20. The van der Waals surface area contributed by atoms with E-state index in [1.54, 1.807) is 0 Å². The standard InChI is InChI=1S/C25H23N2O2/c1-19-12-13-26-14-15-27(23(26)16-19)18-22-17-25(24(28)29-22,20-8-4-2-5-9-20)21-10-6-3-7-11-21/h2-16,22H,17-18H2,1H3/q+1. The number of pyridine rings is 1. The Morgan fingerprint density at radius 3 is 2.31 bits per heavy atom. The molecule has 0 saturated carbocycles. The Morgan fingerprint density at radius 1 is 1.00 bits per heavy atom. The second kappa shape index (κ2) is 6.89. The molecule has 5 rings (SSSR count). The molecule has 4 heteroatoms. The summed E-state index contributed by atoms with van der Waals surface area (Å²) in [6.45, 7) is 2.72. The highest BCUT2D eigenvalue weighted by Crippen LogP contribution is 2.43. The van der Waals surface area contributed by atoms with Crippen LogP contribution in [-0.2, 0) is 21.5 Å². The Labute approximate surface area is 170 Å². The molecule has 0 spiro atoms. The Balaban J connectivity index is 1.53. The minimum Gasteiger partial charge on any atom is -0.457 e. The molecule has 0 N–H and O–H groups in total. The first-order valence-electron chi connectivity index (χ1n) is 9.96. The summed E-state index contributed by atoms with van der Waals surface area (Å²) >= 11 is 0. The number of cyclic esters (lactones) is 1. The molecule has 0 bridgehead atoms. The molecule has 2 aromatic carbocycles. The first-order valence-corrected chi connectivity index (χ1v) is 9.96. The smallest absolute Gasteiger partial charge is 0.321 e. The maximum Gasteiger partial charge on any atom is 0.321 e. The molecule has 2 aromatic heterocycles. The van der Waals surface area contributed by atoms with Gasteiger partial charge in [-0.1, -0.05) is 60.7 Å². The molecule has 29 heavy (non-hydrogen) atoms. The molecule has 0 amide bonds. The first-order chi connectivity index (χ1) is 14.2. The summed E-state index contributed by atoms with van der Waals surface area (Å²) in [6, 6.07) is 24.2. The van der Waals surface area contributed by atoms with Gasteiger partial charge in [0.1, 0.15) is 30.5 Å². The van der Waals surface area contributed by atoms with Gasteiger partial charge in [0.2, 0.25) is 0 Å². The molecule has 1 aliphatic heterocycles. The SMILES string of the molecule is Cc1ccn2cc[n+](CC3CC(c4ccccc4)(c4ccccc4)C(=O)O3)c2c1. The number of imidazole rings is 1. The topological polar surface area (TPSA) is 34.6 Å². The number of carbonyl (C=O) groups excluding carboxylic acids is 1. The van der Waals surface area contributed by atoms with E-state index in [-0.39, 0.29) is 12.1 Å². The highest BCUT2D eigenvalue weighted by Gasteiger charge is 2.52. The fourth-order valence-corrected chi connectivity index (χ4v) is 4.46. The maximum absolute atomic E-state index is 13.3. The van der Waals surface area contributed by atoms with Crippen LogP contribution in [0.15, 0.2) is 91.4 Å². The van der Waals surface area contributed by atoms with Crippen molar-refractivity contribution in [2.45, 2.75) is 31.4 Å². The predicted molar refractivity (Wildman–Crippen MR) is 110 cm³/mol. The van der Waals surface area contributed by atoms with Crippen LogP contribution >= 0.6 is 0 Å². The molecule has 1 aliphatic rings. The predicted octanol–water partition coefficient (Wildman–Crippen LogP) is 3.84. The van der Waals surface area contributed by atoms with Crippen molar-refractivity contribution in [3.05, 3.63) is 108 Å². The van der Waals surface area contributed by atoms with Gasteiger partial charge in [0.15, 0.2) is 0 Å². The molecule has 4 aromatic rings. The maximum atomic E-state index is 13.3. The summed E-state index contributed by atoms with van der Waals surface area (Å²) < 4.78 is 10.2. The van der Waals surface area contributed by atoms with E-state index in [9.17, 15) is 4.79 Å². The quantitative estimate of drug-likeness (QED) is 0.396. The molecule has 0 aliphatic carbocycles. The van der Waals surface area contributed by atoms with Gasteiger partial charge in [-0.05, 0) is 29.7 Å². The van der Waals surface area contributed by atoms with Crippen LogP contribution in [0.25, 0.3) is 5.65 Å². The number of benzene rings is 2. The highest BCUT2D eigenvalue weighted by molar-refractivity contribution is 5.89. The summed E-state index contributed by atoms with van der Waals surface area (Å²) in [5, 5.41) is 0. The van der Waals surface area contributed by atoms with E-state index < -0.39 is 5.41 Å². The van der Waals surface area contributed by atoms with Gasteiger partial charge in [-0.15, -0.1) is 0 Å². The van der Waals surface area contributed by atoms with E-state index in [0.717, 1.165) is 16.8 Å². The molecule has 1 atom stereocenters. The lowest BCUT2D eigenvalue weighted by Gasteiger charge is -2.26. The van der Waals surface area contributed by atoms with Crippen molar-refractivity contribution >= 4 is 11.6 Å². The zero-order chi connectivity index (χ0) is 19.8. The third-order valence-electron chi connectivity index (χ3n) is 5.91. The van der Waals surface area contributed by atoms with Gasteiger partial charge in [0.25, 0.3) is 5.65 Å². The number of hydrogen-bond donors (Lipinski definition) is 0. The number of fused-ring (bicyclic) bond motifs is 1. The highest BCUT2D eigenvalue weighted by atomic mass is 16.6. The second-order valence-corrected chi connectivity index (χ2v) is 7.79. The first kappa shape index (κ1) is 17.7. The molecule has 4 nitrogen and oxygen atoms in total. The van der Waals surface area contributed by atoms with Crippen molar-refractivity contribution in [1.29, 1.82) is 0 Å². The number of carbonyl (C=O) groups is 1. The molecule has 1 fully saturated rings. The van der Waals surface area contributed by atoms with Crippen molar-refractivity contribution in [2.75, 3.05) is 0 Å². The number of hydrogen-bond acceptors (Lipinski definition) is 2. The Bertz CT molecular complexity index is 1130. The minimum absolute atomic E-state index is 0.166. The van der Waals surface area contributed by atoms with Crippen LogP contribution in [0.1, 0.15) is 23.1 Å². The molecule has 3 heterocycles. The Morgan fingerprint density at radius 2 is 1.66 bits per heavy atom. The largest absolute Gasteiger partial charge is 0.457 e. The van der Waals surface area contributed by atoms with Crippen LogP contribution in [0.3, 0.4) is 0 Å². The summed E-state index contributed by atoms with van der Waals surface area (Å²) in [6.07, 6.45) is 6.57.